The number of anilines is 2. The van der Waals surface area contributed by atoms with E-state index < -0.39 is 18.5 Å². The maximum Gasteiger partial charge on any atom is 0.341 e. The van der Waals surface area contributed by atoms with Crippen molar-refractivity contribution in [2.75, 3.05) is 23.8 Å². The summed E-state index contributed by atoms with van der Waals surface area (Å²) < 4.78 is 11.2. The number of carboxylic acids is 1. The van der Waals surface area contributed by atoms with Crippen LogP contribution in [0.15, 0.2) is 61.2 Å². The lowest BCUT2D eigenvalue weighted by Gasteiger charge is -2.18. The number of benzene rings is 3. The van der Waals surface area contributed by atoms with Gasteiger partial charge in [0.05, 0.1) is 12.2 Å². The summed E-state index contributed by atoms with van der Waals surface area (Å²) in [5.74, 6) is -0.923. The van der Waals surface area contributed by atoms with Crippen molar-refractivity contribution < 1.29 is 24.2 Å². The Morgan fingerprint density at radius 3 is 2.49 bits per heavy atom. The smallest absolute Gasteiger partial charge is 0.341 e. The van der Waals surface area contributed by atoms with Crippen molar-refractivity contribution >= 4 is 46.8 Å². The highest BCUT2D eigenvalue weighted by Crippen LogP contribution is 2.35. The Morgan fingerprint density at radius 2 is 1.86 bits per heavy atom. The molecule has 192 valence electrons. The lowest BCUT2D eigenvalue weighted by molar-refractivity contribution is -0.139. The third-order valence-corrected chi connectivity index (χ3v) is 5.41. The minimum absolute atomic E-state index is 0.0704. The normalized spacial score (nSPS) is 10.3. The molecule has 0 spiro atoms. The second-order valence-corrected chi connectivity index (χ2v) is 8.25. The van der Waals surface area contributed by atoms with E-state index in [9.17, 15) is 9.59 Å². The zero-order chi connectivity index (χ0) is 26.9. The molecule has 0 bridgehead atoms. The molecule has 0 radical (unpaired) electrons. The molecular weight excluding hydrogens is 496 g/mol. The van der Waals surface area contributed by atoms with E-state index in [1.54, 1.807) is 54.6 Å². The zero-order valence-electron chi connectivity index (χ0n) is 20.1. The van der Waals surface area contributed by atoms with Gasteiger partial charge >= 0.3 is 5.97 Å². The van der Waals surface area contributed by atoms with Crippen LogP contribution in [0.3, 0.4) is 0 Å². The number of nitrogens with two attached hydrogens (primary N) is 1. The molecule has 0 aliphatic heterocycles. The Balaban J connectivity index is 1.88. The van der Waals surface area contributed by atoms with E-state index in [0.717, 1.165) is 5.56 Å². The standard InChI is InChI=1S/C27H27ClN4O5/c1-3-16-11-18(25(37-15-24(33)34)23(12-16)36-4-2)14-31-22-10-7-19(28)13-21(22)27(35)32-20-8-5-17(6-9-20)26(29)30/h3,5-13,31H,1,4,14-15H2,2H3,(H3,29,30)(H,32,35)(H,33,34). The first-order valence-electron chi connectivity index (χ1n) is 11.3. The highest BCUT2D eigenvalue weighted by Gasteiger charge is 2.17. The monoisotopic (exact) mass is 522 g/mol. The lowest BCUT2D eigenvalue weighted by Crippen LogP contribution is -2.16. The minimum Gasteiger partial charge on any atom is -0.490 e. The van der Waals surface area contributed by atoms with Crippen LogP contribution in [0.4, 0.5) is 11.4 Å². The number of hydrogen-bond donors (Lipinski definition) is 5. The van der Waals surface area contributed by atoms with Crippen LogP contribution in [0, 0.1) is 5.41 Å². The molecule has 0 saturated carbocycles. The van der Waals surface area contributed by atoms with Gasteiger partial charge in [-0.3, -0.25) is 10.2 Å². The summed E-state index contributed by atoms with van der Waals surface area (Å²) >= 11 is 6.18. The number of amidine groups is 1. The maximum absolute atomic E-state index is 13.1. The molecule has 1 amide bonds. The molecule has 9 nitrogen and oxygen atoms in total. The van der Waals surface area contributed by atoms with Crippen molar-refractivity contribution in [1.82, 2.24) is 0 Å². The van der Waals surface area contributed by atoms with Crippen molar-refractivity contribution in [3.63, 3.8) is 0 Å². The molecule has 3 aromatic carbocycles. The van der Waals surface area contributed by atoms with Gasteiger partial charge in [0.15, 0.2) is 18.1 Å². The first-order chi connectivity index (χ1) is 17.7. The van der Waals surface area contributed by atoms with Gasteiger partial charge in [-0.05, 0) is 67.1 Å². The van der Waals surface area contributed by atoms with Crippen LogP contribution in [-0.2, 0) is 11.3 Å². The maximum atomic E-state index is 13.1. The van der Waals surface area contributed by atoms with Crippen LogP contribution < -0.4 is 25.8 Å². The second-order valence-electron chi connectivity index (χ2n) is 7.82. The summed E-state index contributed by atoms with van der Waals surface area (Å²) in [6, 6.07) is 14.9. The lowest BCUT2D eigenvalue weighted by atomic mass is 10.1. The third-order valence-electron chi connectivity index (χ3n) is 5.18. The van der Waals surface area contributed by atoms with Gasteiger partial charge in [0.25, 0.3) is 5.91 Å². The molecular formula is C27H27ClN4O5. The van der Waals surface area contributed by atoms with Gasteiger partial charge in [-0.15, -0.1) is 0 Å². The van der Waals surface area contributed by atoms with E-state index in [1.807, 2.05) is 6.92 Å². The molecule has 10 heteroatoms. The van der Waals surface area contributed by atoms with Crippen molar-refractivity contribution in [3.05, 3.63) is 88.5 Å². The van der Waals surface area contributed by atoms with E-state index >= 15 is 0 Å². The number of amides is 1. The van der Waals surface area contributed by atoms with Crippen LogP contribution in [0.2, 0.25) is 5.02 Å². The van der Waals surface area contributed by atoms with Gasteiger partial charge in [0.1, 0.15) is 5.84 Å². The number of ether oxygens (including phenoxy) is 2. The summed E-state index contributed by atoms with van der Waals surface area (Å²) in [5.41, 5.74) is 8.70. The number of hydrogen-bond acceptors (Lipinski definition) is 6. The largest absolute Gasteiger partial charge is 0.490 e. The summed E-state index contributed by atoms with van der Waals surface area (Å²) in [6.45, 7) is 5.61. The Hall–Kier alpha value is -4.50. The Kier molecular flexibility index (Phi) is 9.12. The number of carbonyl (C=O) groups excluding carboxylic acids is 1. The number of aliphatic carboxylic acids is 1. The minimum atomic E-state index is -1.12. The first-order valence-corrected chi connectivity index (χ1v) is 11.7. The van der Waals surface area contributed by atoms with Gasteiger partial charge in [-0.2, -0.15) is 0 Å². The van der Waals surface area contributed by atoms with E-state index in [-0.39, 0.29) is 18.1 Å². The quantitative estimate of drug-likeness (QED) is 0.166. The van der Waals surface area contributed by atoms with Gasteiger partial charge < -0.3 is 30.9 Å². The van der Waals surface area contributed by atoms with Crippen molar-refractivity contribution in [3.8, 4) is 11.5 Å². The first kappa shape index (κ1) is 27.1. The number of rotatable bonds is 12. The topological polar surface area (TPSA) is 147 Å². The molecule has 0 aliphatic rings. The number of nitrogens with one attached hydrogen (secondary N) is 3. The number of carbonyl (C=O) groups is 2. The predicted octanol–water partition coefficient (Wildman–Crippen LogP) is 4.99. The molecule has 6 N–H and O–H groups in total. The predicted molar refractivity (Wildman–Crippen MR) is 145 cm³/mol. The Morgan fingerprint density at radius 1 is 1.14 bits per heavy atom. The van der Waals surface area contributed by atoms with Crippen molar-refractivity contribution in [1.29, 1.82) is 5.41 Å². The molecule has 0 fully saturated rings. The van der Waals surface area contributed by atoms with E-state index in [4.69, 9.17) is 37.3 Å². The van der Waals surface area contributed by atoms with Crippen LogP contribution in [-0.4, -0.2) is 36.0 Å². The number of nitrogen functional groups attached to an aromatic ring is 1. The van der Waals surface area contributed by atoms with Crippen LogP contribution >= 0.6 is 11.6 Å². The average Bonchev–Trinajstić information content (AvgIpc) is 2.87. The fraction of sp³-hybridized carbons (Fsp3) is 0.148. The van der Waals surface area contributed by atoms with Crippen molar-refractivity contribution in [2.24, 2.45) is 5.73 Å². The highest BCUT2D eigenvalue weighted by atomic mass is 35.5. The molecule has 0 saturated heterocycles. The number of halogens is 1. The van der Waals surface area contributed by atoms with Crippen LogP contribution in [0.1, 0.15) is 34.0 Å². The molecule has 0 aliphatic carbocycles. The summed E-state index contributed by atoms with van der Waals surface area (Å²) in [7, 11) is 0. The highest BCUT2D eigenvalue weighted by molar-refractivity contribution is 6.31. The molecule has 0 unspecified atom stereocenters. The third kappa shape index (κ3) is 7.25. The Bertz CT molecular complexity index is 1330. The SMILES string of the molecule is C=Cc1cc(CNc2ccc(Cl)cc2C(=O)Nc2ccc(C(=N)N)cc2)c(OCC(=O)O)c(OCC)c1. The molecule has 37 heavy (non-hydrogen) atoms. The van der Waals surface area contributed by atoms with Gasteiger partial charge in [-0.1, -0.05) is 24.3 Å². The van der Waals surface area contributed by atoms with E-state index in [0.29, 0.717) is 45.4 Å². The molecule has 0 heterocycles. The molecule has 0 atom stereocenters. The van der Waals surface area contributed by atoms with Crippen molar-refractivity contribution in [2.45, 2.75) is 13.5 Å². The molecule has 0 aromatic heterocycles. The van der Waals surface area contributed by atoms with E-state index in [1.165, 1.54) is 6.07 Å². The molecule has 3 aromatic rings. The fourth-order valence-electron chi connectivity index (χ4n) is 3.47. The fourth-order valence-corrected chi connectivity index (χ4v) is 3.65. The van der Waals surface area contributed by atoms with Gasteiger partial charge in [0, 0.05) is 34.1 Å². The summed E-state index contributed by atoms with van der Waals surface area (Å²) in [6.07, 6.45) is 1.64. The Labute approximate surface area is 219 Å². The van der Waals surface area contributed by atoms with Gasteiger partial charge in [-0.25, -0.2) is 4.79 Å². The van der Waals surface area contributed by atoms with Crippen LogP contribution in [0.25, 0.3) is 6.08 Å². The van der Waals surface area contributed by atoms with Crippen LogP contribution in [0.5, 0.6) is 11.5 Å². The number of carboxylic acid groups (broad SMARTS) is 1. The average molecular weight is 523 g/mol. The summed E-state index contributed by atoms with van der Waals surface area (Å²) in [5, 5.41) is 23.0. The van der Waals surface area contributed by atoms with E-state index in [2.05, 4.69) is 17.2 Å². The zero-order valence-corrected chi connectivity index (χ0v) is 20.9. The van der Waals surface area contributed by atoms with Gasteiger partial charge in [0.2, 0.25) is 0 Å². The second kappa shape index (κ2) is 12.5. The molecule has 3 rings (SSSR count). The summed E-state index contributed by atoms with van der Waals surface area (Å²) in [4.78, 5) is 24.2.